The van der Waals surface area contributed by atoms with E-state index < -0.39 is 5.91 Å². The lowest BCUT2D eigenvalue weighted by Gasteiger charge is -2.20. The molecule has 2 heterocycles. The van der Waals surface area contributed by atoms with Crippen LogP contribution >= 0.6 is 23.4 Å². The number of hydrazone groups is 1. The molecule has 1 N–H and O–H groups in total. The number of benzene rings is 2. The van der Waals surface area contributed by atoms with Crippen molar-refractivity contribution in [3.8, 4) is 23.0 Å². The van der Waals surface area contributed by atoms with Crippen LogP contribution < -0.4 is 18.9 Å². The highest BCUT2D eigenvalue weighted by Crippen LogP contribution is 2.38. The molecule has 9 nitrogen and oxygen atoms in total. The molecule has 40 heavy (non-hydrogen) atoms. The molecule has 0 aliphatic carbocycles. The predicted octanol–water partition coefficient (Wildman–Crippen LogP) is 6.79. The molecule has 1 amide bonds. The van der Waals surface area contributed by atoms with Gasteiger partial charge in [0, 0.05) is 0 Å². The Balaban J connectivity index is 1.33. The zero-order chi connectivity index (χ0) is 28.5. The largest absolute Gasteiger partial charge is 0.494 e. The molecular weight excluding hydrogens is 552 g/mol. The molecule has 0 fully saturated rings. The minimum Gasteiger partial charge on any atom is -0.494 e. The van der Waals surface area contributed by atoms with Crippen LogP contribution in [0.15, 0.2) is 52.1 Å². The summed E-state index contributed by atoms with van der Waals surface area (Å²) in [6.45, 7) is 5.39. The van der Waals surface area contributed by atoms with Crippen molar-refractivity contribution in [1.82, 2.24) is 5.01 Å². The average Bonchev–Trinajstić information content (AvgIpc) is 3.38. The molecule has 2 aromatic carbocycles. The first-order valence-corrected chi connectivity index (χ1v) is 14.5. The van der Waals surface area contributed by atoms with Gasteiger partial charge in [-0.15, -0.1) is 0 Å². The summed E-state index contributed by atoms with van der Waals surface area (Å²) >= 11 is 7.82. The van der Waals surface area contributed by atoms with Gasteiger partial charge >= 0.3 is 0 Å². The Kier molecular flexibility index (Phi) is 10.5. The van der Waals surface area contributed by atoms with Crippen molar-refractivity contribution in [2.45, 2.75) is 46.0 Å². The second-order valence-electron chi connectivity index (χ2n) is 8.98. The number of nitrogens with zero attached hydrogens (tertiary/aromatic N) is 3. The lowest BCUT2D eigenvalue weighted by molar-refractivity contribution is -0.114. The summed E-state index contributed by atoms with van der Waals surface area (Å²) in [6.07, 6.45) is 6.92. The highest BCUT2D eigenvalue weighted by atomic mass is 35.5. The molecule has 2 aliphatic heterocycles. The number of aliphatic imine (C=N–C) groups is 1. The van der Waals surface area contributed by atoms with Crippen molar-refractivity contribution < 1.29 is 23.7 Å². The lowest BCUT2D eigenvalue weighted by atomic mass is 10.1. The Labute approximate surface area is 243 Å². The maximum Gasteiger partial charge on any atom is 0.283 e. The lowest BCUT2D eigenvalue weighted by Crippen LogP contribution is -2.35. The number of carbonyl (C=O) groups is 1. The maximum absolute atomic E-state index is 12.6. The number of unbranched alkanes of at least 4 members (excludes halogenated alkanes) is 3. The molecule has 11 heteroatoms. The molecule has 4 rings (SSSR count). The quantitative estimate of drug-likeness (QED) is 0.192. The number of nitrogens with one attached hydrogen (secondary N) is 1. The van der Waals surface area contributed by atoms with E-state index in [1.807, 2.05) is 31.2 Å². The summed E-state index contributed by atoms with van der Waals surface area (Å²) in [7, 11) is 1.51. The number of rotatable bonds is 14. The van der Waals surface area contributed by atoms with Crippen LogP contribution in [0, 0.1) is 5.41 Å². The summed E-state index contributed by atoms with van der Waals surface area (Å²) in [5, 5.41) is 15.7. The summed E-state index contributed by atoms with van der Waals surface area (Å²) < 4.78 is 22.9. The van der Waals surface area contributed by atoms with Crippen molar-refractivity contribution in [2.24, 2.45) is 10.1 Å². The standard InChI is InChI=1S/C29H33ClN4O5S/c1-4-6-7-8-13-37-20-9-11-21(12-10-20)38-14-15-39-26-23(30)17-19(18-24(26)36-3)16-22-27(31)34-29(32-28(22)35)40-25(5-2)33-34/h9-12,16-18,31H,4-8,13-15H2,1-3H3/b22-16-,31-27?. The number of fused-ring (bicyclic) bond motifs is 1. The van der Waals surface area contributed by atoms with Gasteiger partial charge in [-0.3, -0.25) is 10.2 Å². The number of hydrogen-bond acceptors (Lipinski definition) is 8. The third-order valence-corrected chi connectivity index (χ3v) is 7.38. The third kappa shape index (κ3) is 7.37. The molecule has 0 aromatic heterocycles. The minimum atomic E-state index is -0.504. The fourth-order valence-electron chi connectivity index (χ4n) is 3.96. The number of thioether (sulfide) groups is 1. The molecule has 0 radical (unpaired) electrons. The van der Waals surface area contributed by atoms with Crippen LogP contribution in [0.4, 0.5) is 0 Å². The van der Waals surface area contributed by atoms with Crippen LogP contribution in [-0.4, -0.2) is 53.9 Å². The van der Waals surface area contributed by atoms with Crippen LogP contribution in [0.1, 0.15) is 51.5 Å². The number of halogens is 1. The third-order valence-electron chi connectivity index (χ3n) is 6.05. The van der Waals surface area contributed by atoms with Gasteiger partial charge in [-0.25, -0.2) is 0 Å². The number of ether oxygens (including phenoxy) is 4. The molecule has 0 spiro atoms. The van der Waals surface area contributed by atoms with Crippen LogP contribution in [0.25, 0.3) is 6.08 Å². The molecule has 212 valence electrons. The van der Waals surface area contributed by atoms with E-state index in [0.29, 0.717) is 52.6 Å². The van der Waals surface area contributed by atoms with E-state index in [4.69, 9.17) is 36.0 Å². The van der Waals surface area contributed by atoms with Crippen LogP contribution in [0.3, 0.4) is 0 Å². The molecule has 2 aliphatic rings. The first kappa shape index (κ1) is 29.5. The zero-order valence-corrected chi connectivity index (χ0v) is 24.4. The van der Waals surface area contributed by atoms with Gasteiger partial charge in [-0.2, -0.15) is 15.1 Å². The fourth-order valence-corrected chi connectivity index (χ4v) is 5.06. The monoisotopic (exact) mass is 584 g/mol. The van der Waals surface area contributed by atoms with Crippen LogP contribution in [0.5, 0.6) is 23.0 Å². The highest BCUT2D eigenvalue weighted by Gasteiger charge is 2.35. The fraction of sp³-hybridized carbons (Fsp3) is 0.379. The molecule has 0 saturated carbocycles. The van der Waals surface area contributed by atoms with Crippen molar-refractivity contribution in [3.05, 3.63) is 52.6 Å². The number of carbonyl (C=O) groups excluding carboxylic acids is 1. The smallest absolute Gasteiger partial charge is 0.283 e. The molecule has 0 unspecified atom stereocenters. The summed E-state index contributed by atoms with van der Waals surface area (Å²) in [5.41, 5.74) is 0.676. The van der Waals surface area contributed by atoms with E-state index in [1.54, 1.807) is 18.2 Å². The summed E-state index contributed by atoms with van der Waals surface area (Å²) in [5.74, 6) is 1.74. The number of amides is 1. The van der Waals surface area contributed by atoms with Gasteiger partial charge in [0.1, 0.15) is 29.8 Å². The Bertz CT molecular complexity index is 1330. The molecular formula is C29H33ClN4O5S. The Morgan fingerprint density at radius 1 is 1.00 bits per heavy atom. The minimum absolute atomic E-state index is 0.0370. The Morgan fingerprint density at radius 3 is 2.38 bits per heavy atom. The molecule has 0 bridgehead atoms. The molecule has 2 aromatic rings. The van der Waals surface area contributed by atoms with Crippen LogP contribution in [0.2, 0.25) is 5.02 Å². The van der Waals surface area contributed by atoms with Gasteiger partial charge in [0.05, 0.1) is 24.3 Å². The number of methoxy groups -OCH3 is 1. The average molecular weight is 585 g/mol. The van der Waals surface area contributed by atoms with Gasteiger partial charge in [-0.05, 0) is 72.6 Å². The summed E-state index contributed by atoms with van der Waals surface area (Å²) in [4.78, 5) is 16.7. The first-order chi connectivity index (χ1) is 19.4. The highest BCUT2D eigenvalue weighted by molar-refractivity contribution is 8.26. The number of amidine groups is 2. The van der Waals surface area contributed by atoms with Gasteiger partial charge in [0.15, 0.2) is 17.3 Å². The first-order valence-electron chi connectivity index (χ1n) is 13.3. The van der Waals surface area contributed by atoms with E-state index in [1.165, 1.54) is 43.1 Å². The zero-order valence-electron chi connectivity index (χ0n) is 22.9. The van der Waals surface area contributed by atoms with Crippen LogP contribution in [-0.2, 0) is 4.79 Å². The van der Waals surface area contributed by atoms with Gasteiger partial charge < -0.3 is 18.9 Å². The Morgan fingerprint density at radius 2 is 1.70 bits per heavy atom. The Hall–Kier alpha value is -3.50. The van der Waals surface area contributed by atoms with E-state index in [0.717, 1.165) is 17.2 Å². The number of hydrogen-bond donors (Lipinski definition) is 1. The van der Waals surface area contributed by atoms with E-state index in [-0.39, 0.29) is 18.0 Å². The normalized spacial score (nSPS) is 15.6. The second-order valence-corrected chi connectivity index (χ2v) is 10.4. The van der Waals surface area contributed by atoms with E-state index >= 15 is 0 Å². The van der Waals surface area contributed by atoms with Crippen molar-refractivity contribution >= 4 is 51.4 Å². The van der Waals surface area contributed by atoms with Crippen molar-refractivity contribution in [2.75, 3.05) is 26.9 Å². The van der Waals surface area contributed by atoms with Crippen molar-refractivity contribution in [3.63, 3.8) is 0 Å². The molecule has 0 saturated heterocycles. The van der Waals surface area contributed by atoms with Gasteiger partial charge in [0.25, 0.3) is 5.91 Å². The SMILES string of the molecule is CCCCCCOc1ccc(OCCOc2c(Cl)cc(/C=C3/C(=N)N4N=C(CC)SC4=NC3=O)cc2OC)cc1. The van der Waals surface area contributed by atoms with E-state index in [9.17, 15) is 4.79 Å². The second kappa shape index (κ2) is 14.2. The molecule has 0 atom stereocenters. The summed E-state index contributed by atoms with van der Waals surface area (Å²) in [6, 6.07) is 10.9. The van der Waals surface area contributed by atoms with Gasteiger partial charge in [-0.1, -0.05) is 44.7 Å². The van der Waals surface area contributed by atoms with Crippen molar-refractivity contribution in [1.29, 1.82) is 5.41 Å². The van der Waals surface area contributed by atoms with E-state index in [2.05, 4.69) is 17.0 Å². The topological polar surface area (TPSA) is 106 Å². The van der Waals surface area contributed by atoms with Gasteiger partial charge in [0.2, 0.25) is 5.17 Å². The predicted molar refractivity (Wildman–Crippen MR) is 160 cm³/mol. The maximum atomic E-state index is 12.6.